The largest absolute Gasteiger partial charge is 0.454 e. The summed E-state index contributed by atoms with van der Waals surface area (Å²) in [7, 11) is 0. The van der Waals surface area contributed by atoms with E-state index in [1.807, 2.05) is 48.5 Å². The summed E-state index contributed by atoms with van der Waals surface area (Å²) in [5.41, 5.74) is 2.79. The highest BCUT2D eigenvalue weighted by molar-refractivity contribution is 6.30. The standard InChI is InChI=1S/C28H29ClFN3O3/c29-22-8-5-20(6-9-22)16-33-17-23(32-15-21-3-1-2-4-24(21)30)14-25(33)28(34)31-12-11-19-7-10-26-27(13-19)36-18-35-26/h1-10,13,23,25,32H,11-12,14-18H2,(H,31,34)/t23-,25-/m0/s1. The van der Waals surface area contributed by atoms with Gasteiger partial charge in [0, 0.05) is 42.8 Å². The molecule has 5 rings (SSSR count). The summed E-state index contributed by atoms with van der Waals surface area (Å²) in [5, 5.41) is 7.24. The van der Waals surface area contributed by atoms with Gasteiger partial charge in [0.25, 0.3) is 0 Å². The van der Waals surface area contributed by atoms with Crippen molar-refractivity contribution in [2.75, 3.05) is 19.9 Å². The van der Waals surface area contributed by atoms with Crippen LogP contribution in [0, 0.1) is 5.82 Å². The summed E-state index contributed by atoms with van der Waals surface area (Å²) in [5.74, 6) is 1.27. The van der Waals surface area contributed by atoms with E-state index in [4.69, 9.17) is 21.1 Å². The second-order valence-corrected chi connectivity index (χ2v) is 9.64. The molecule has 2 heterocycles. The van der Waals surface area contributed by atoms with Crippen LogP contribution in [0.2, 0.25) is 5.02 Å². The minimum atomic E-state index is -0.282. The molecule has 2 aliphatic rings. The summed E-state index contributed by atoms with van der Waals surface area (Å²) in [6, 6.07) is 20.1. The maximum absolute atomic E-state index is 14.1. The third kappa shape index (κ3) is 5.98. The van der Waals surface area contributed by atoms with Gasteiger partial charge in [0.2, 0.25) is 12.7 Å². The van der Waals surface area contributed by atoms with Gasteiger partial charge < -0.3 is 20.1 Å². The number of carbonyl (C=O) groups excluding carboxylic acids is 1. The molecule has 0 aromatic heterocycles. The Morgan fingerprint density at radius 2 is 1.81 bits per heavy atom. The molecule has 6 nitrogen and oxygen atoms in total. The van der Waals surface area contributed by atoms with Crippen LogP contribution in [0.15, 0.2) is 66.7 Å². The summed E-state index contributed by atoms with van der Waals surface area (Å²) in [6.07, 6.45) is 1.35. The van der Waals surface area contributed by atoms with Crippen molar-refractivity contribution in [1.82, 2.24) is 15.5 Å². The van der Waals surface area contributed by atoms with Crippen LogP contribution in [0.25, 0.3) is 0 Å². The van der Waals surface area contributed by atoms with E-state index in [9.17, 15) is 9.18 Å². The SMILES string of the molecule is O=C(NCCc1ccc2c(c1)OCO2)[C@@H]1C[C@H](NCc2ccccc2F)CN1Cc1ccc(Cl)cc1. The number of ether oxygens (including phenoxy) is 2. The molecule has 2 aliphatic heterocycles. The Morgan fingerprint density at radius 1 is 1.03 bits per heavy atom. The molecule has 0 unspecified atom stereocenters. The van der Waals surface area contributed by atoms with Crippen molar-refractivity contribution in [3.8, 4) is 11.5 Å². The van der Waals surface area contributed by atoms with Crippen LogP contribution >= 0.6 is 11.6 Å². The molecule has 1 fully saturated rings. The number of likely N-dealkylation sites (tertiary alicyclic amines) is 1. The highest BCUT2D eigenvalue weighted by atomic mass is 35.5. The van der Waals surface area contributed by atoms with Crippen LogP contribution in [0.4, 0.5) is 4.39 Å². The van der Waals surface area contributed by atoms with Crippen molar-refractivity contribution < 1.29 is 18.7 Å². The number of carbonyl (C=O) groups is 1. The summed E-state index contributed by atoms with van der Waals surface area (Å²) in [6.45, 7) is 2.51. The van der Waals surface area contributed by atoms with Crippen molar-refractivity contribution in [3.05, 3.63) is 94.3 Å². The van der Waals surface area contributed by atoms with Gasteiger partial charge in [-0.1, -0.05) is 48.0 Å². The van der Waals surface area contributed by atoms with Gasteiger partial charge in [-0.05, 0) is 54.3 Å². The fourth-order valence-corrected chi connectivity index (χ4v) is 4.89. The lowest BCUT2D eigenvalue weighted by molar-refractivity contribution is -0.125. The number of nitrogens with zero attached hydrogens (tertiary/aromatic N) is 1. The molecule has 1 saturated heterocycles. The maximum atomic E-state index is 14.1. The van der Waals surface area contributed by atoms with E-state index in [2.05, 4.69) is 15.5 Å². The average molecular weight is 510 g/mol. The molecule has 0 aliphatic carbocycles. The molecule has 0 saturated carbocycles. The highest BCUT2D eigenvalue weighted by Crippen LogP contribution is 2.32. The van der Waals surface area contributed by atoms with Crippen molar-refractivity contribution in [1.29, 1.82) is 0 Å². The number of benzene rings is 3. The third-order valence-electron chi connectivity index (χ3n) is 6.69. The van der Waals surface area contributed by atoms with Crippen molar-refractivity contribution in [2.45, 2.75) is 38.0 Å². The first-order chi connectivity index (χ1) is 17.5. The van der Waals surface area contributed by atoms with E-state index in [-0.39, 0.29) is 30.6 Å². The topological polar surface area (TPSA) is 62.8 Å². The number of hydrogen-bond acceptors (Lipinski definition) is 5. The first kappa shape index (κ1) is 24.6. The number of amides is 1. The Kier molecular flexibility index (Phi) is 7.70. The van der Waals surface area contributed by atoms with Gasteiger partial charge >= 0.3 is 0 Å². The van der Waals surface area contributed by atoms with Gasteiger partial charge in [-0.2, -0.15) is 0 Å². The van der Waals surface area contributed by atoms with Crippen molar-refractivity contribution in [2.24, 2.45) is 0 Å². The summed E-state index contributed by atoms with van der Waals surface area (Å²) >= 11 is 6.05. The van der Waals surface area contributed by atoms with Gasteiger partial charge in [-0.3, -0.25) is 9.69 Å². The first-order valence-corrected chi connectivity index (χ1v) is 12.5. The molecular formula is C28H29ClFN3O3. The molecule has 0 bridgehead atoms. The normalized spacial score (nSPS) is 18.9. The smallest absolute Gasteiger partial charge is 0.237 e. The fraction of sp³-hybridized carbons (Fsp3) is 0.321. The lowest BCUT2D eigenvalue weighted by Crippen LogP contribution is -2.43. The number of fused-ring (bicyclic) bond motifs is 1. The molecule has 2 N–H and O–H groups in total. The van der Waals surface area contributed by atoms with Crippen LogP contribution in [-0.2, 0) is 24.3 Å². The molecule has 188 valence electrons. The number of hydrogen-bond donors (Lipinski definition) is 2. The van der Waals surface area contributed by atoms with Gasteiger partial charge in [-0.15, -0.1) is 0 Å². The Morgan fingerprint density at radius 3 is 2.64 bits per heavy atom. The predicted molar refractivity (Wildman–Crippen MR) is 137 cm³/mol. The molecule has 2 atom stereocenters. The second-order valence-electron chi connectivity index (χ2n) is 9.21. The summed E-state index contributed by atoms with van der Waals surface area (Å²) < 4.78 is 24.9. The predicted octanol–water partition coefficient (Wildman–Crippen LogP) is 4.30. The fourth-order valence-electron chi connectivity index (χ4n) is 4.76. The van der Waals surface area contributed by atoms with E-state index in [0.29, 0.717) is 49.6 Å². The number of rotatable bonds is 9. The molecule has 3 aromatic carbocycles. The van der Waals surface area contributed by atoms with Gasteiger partial charge in [0.15, 0.2) is 11.5 Å². The quantitative estimate of drug-likeness (QED) is 0.450. The average Bonchev–Trinajstić information content (AvgIpc) is 3.51. The first-order valence-electron chi connectivity index (χ1n) is 12.2. The third-order valence-corrected chi connectivity index (χ3v) is 6.95. The molecule has 36 heavy (non-hydrogen) atoms. The molecule has 3 aromatic rings. The number of nitrogens with one attached hydrogen (secondary N) is 2. The minimum Gasteiger partial charge on any atom is -0.454 e. The zero-order chi connectivity index (χ0) is 24.9. The summed E-state index contributed by atoms with van der Waals surface area (Å²) in [4.78, 5) is 15.4. The van der Waals surface area contributed by atoms with Gasteiger partial charge in [0.1, 0.15) is 5.82 Å². The van der Waals surface area contributed by atoms with E-state index in [0.717, 1.165) is 22.6 Å². The van der Waals surface area contributed by atoms with E-state index >= 15 is 0 Å². The van der Waals surface area contributed by atoms with Gasteiger partial charge in [-0.25, -0.2) is 4.39 Å². The molecule has 8 heteroatoms. The second kappa shape index (κ2) is 11.3. The van der Waals surface area contributed by atoms with Gasteiger partial charge in [0.05, 0.1) is 6.04 Å². The maximum Gasteiger partial charge on any atom is 0.237 e. The lowest BCUT2D eigenvalue weighted by atomic mass is 10.1. The Balaban J connectivity index is 1.20. The van der Waals surface area contributed by atoms with Crippen LogP contribution < -0.4 is 20.1 Å². The zero-order valence-electron chi connectivity index (χ0n) is 19.9. The Labute approximate surface area is 215 Å². The number of halogens is 2. The van der Waals surface area contributed by atoms with E-state index < -0.39 is 0 Å². The lowest BCUT2D eigenvalue weighted by Gasteiger charge is -2.23. The molecular weight excluding hydrogens is 481 g/mol. The minimum absolute atomic E-state index is 0.0000939. The Bertz CT molecular complexity index is 1210. The Hall–Kier alpha value is -3.13. The van der Waals surface area contributed by atoms with Crippen molar-refractivity contribution in [3.63, 3.8) is 0 Å². The highest BCUT2D eigenvalue weighted by Gasteiger charge is 2.36. The van der Waals surface area contributed by atoms with Crippen molar-refractivity contribution >= 4 is 17.5 Å². The zero-order valence-corrected chi connectivity index (χ0v) is 20.6. The van der Waals surface area contributed by atoms with E-state index in [1.54, 1.807) is 12.1 Å². The molecule has 0 radical (unpaired) electrons. The monoisotopic (exact) mass is 509 g/mol. The van der Waals surface area contributed by atoms with Crippen LogP contribution in [0.1, 0.15) is 23.1 Å². The van der Waals surface area contributed by atoms with E-state index in [1.165, 1.54) is 6.07 Å². The molecule has 0 spiro atoms. The van der Waals surface area contributed by atoms with Crippen LogP contribution in [0.5, 0.6) is 11.5 Å². The van der Waals surface area contributed by atoms with Crippen LogP contribution in [-0.4, -0.2) is 42.8 Å². The van der Waals surface area contributed by atoms with Crippen LogP contribution in [0.3, 0.4) is 0 Å². The molecule has 1 amide bonds.